The fraction of sp³-hybridized carbons (Fsp3) is 0.286. The minimum atomic E-state index is -0.178. The van der Waals surface area contributed by atoms with Crippen molar-refractivity contribution in [3.8, 4) is 0 Å². The zero-order chi connectivity index (χ0) is 14.4. The molecule has 0 unspecified atom stereocenters. The van der Waals surface area contributed by atoms with Gasteiger partial charge in [0.05, 0.1) is 29.7 Å². The molecule has 0 aliphatic rings. The Balaban J connectivity index is 1.92. The smallest absolute Gasteiger partial charge is 0.253 e. The number of carbonyl (C=O) groups is 1. The molecule has 0 bridgehead atoms. The topological polar surface area (TPSA) is 79.8 Å². The third kappa shape index (κ3) is 3.74. The van der Waals surface area contributed by atoms with Gasteiger partial charge < -0.3 is 10.6 Å². The predicted octanol–water partition coefficient (Wildman–Crippen LogP) is 1.54. The maximum absolute atomic E-state index is 11.9. The lowest BCUT2D eigenvalue weighted by Crippen LogP contribution is -2.23. The lowest BCUT2D eigenvalue weighted by Gasteiger charge is -2.06. The highest BCUT2D eigenvalue weighted by Crippen LogP contribution is 2.05. The van der Waals surface area contributed by atoms with Crippen LogP contribution in [0.4, 0.5) is 5.82 Å². The van der Waals surface area contributed by atoms with Gasteiger partial charge in [-0.3, -0.25) is 14.8 Å². The Hall–Kier alpha value is -2.50. The van der Waals surface area contributed by atoms with E-state index >= 15 is 0 Å². The molecule has 2 heterocycles. The summed E-state index contributed by atoms with van der Waals surface area (Å²) in [7, 11) is 0. The van der Waals surface area contributed by atoms with E-state index in [0.717, 1.165) is 23.8 Å². The van der Waals surface area contributed by atoms with Gasteiger partial charge in [0.1, 0.15) is 5.82 Å². The van der Waals surface area contributed by atoms with Gasteiger partial charge in [-0.25, -0.2) is 4.98 Å². The van der Waals surface area contributed by atoms with Crippen molar-refractivity contribution in [1.82, 2.24) is 20.3 Å². The minimum Gasteiger partial charge on any atom is -0.370 e. The molecule has 0 aromatic carbocycles. The Bertz CT molecular complexity index is 565. The van der Waals surface area contributed by atoms with Gasteiger partial charge in [0.25, 0.3) is 5.91 Å². The summed E-state index contributed by atoms with van der Waals surface area (Å²) >= 11 is 0. The molecule has 0 saturated heterocycles. The monoisotopic (exact) mass is 271 g/mol. The van der Waals surface area contributed by atoms with E-state index in [0.29, 0.717) is 12.1 Å². The van der Waals surface area contributed by atoms with Gasteiger partial charge in [-0.15, -0.1) is 0 Å². The highest BCUT2D eigenvalue weighted by atomic mass is 16.1. The normalized spacial score (nSPS) is 10.1. The molecule has 0 atom stereocenters. The van der Waals surface area contributed by atoms with Crippen LogP contribution >= 0.6 is 0 Å². The first-order valence-corrected chi connectivity index (χ1v) is 6.44. The Labute approximate surface area is 117 Å². The van der Waals surface area contributed by atoms with E-state index in [4.69, 9.17) is 0 Å². The Morgan fingerprint density at radius 1 is 1.15 bits per heavy atom. The molecule has 0 radical (unpaired) electrons. The zero-order valence-corrected chi connectivity index (χ0v) is 11.6. The van der Waals surface area contributed by atoms with E-state index in [1.807, 2.05) is 13.8 Å². The summed E-state index contributed by atoms with van der Waals surface area (Å²) in [6, 6.07) is 3.52. The summed E-state index contributed by atoms with van der Waals surface area (Å²) in [5, 5.41) is 5.86. The average Bonchev–Trinajstić information content (AvgIpc) is 2.47. The molecule has 0 aliphatic heterocycles. The van der Waals surface area contributed by atoms with E-state index in [1.165, 1.54) is 0 Å². The van der Waals surface area contributed by atoms with Crippen LogP contribution in [0.1, 0.15) is 28.7 Å². The minimum absolute atomic E-state index is 0.178. The summed E-state index contributed by atoms with van der Waals surface area (Å²) in [5.41, 5.74) is 2.09. The number of aromatic nitrogens is 3. The standard InChI is InChI=1S/C14H17N5O/c1-3-15-13-5-4-11(7-18-13)14(20)19-9-12-8-16-10(2)6-17-12/h4-8H,3,9H2,1-2H3,(H,15,18)(H,19,20). The number of pyridine rings is 1. The van der Waals surface area contributed by atoms with Gasteiger partial charge >= 0.3 is 0 Å². The molecule has 20 heavy (non-hydrogen) atoms. The average molecular weight is 271 g/mol. The van der Waals surface area contributed by atoms with Crippen molar-refractivity contribution in [2.24, 2.45) is 0 Å². The largest absolute Gasteiger partial charge is 0.370 e. The molecule has 0 spiro atoms. The third-order valence-electron chi connectivity index (χ3n) is 2.65. The molecule has 104 valence electrons. The quantitative estimate of drug-likeness (QED) is 0.862. The van der Waals surface area contributed by atoms with Gasteiger partial charge in [-0.05, 0) is 26.0 Å². The second-order valence-electron chi connectivity index (χ2n) is 4.29. The zero-order valence-electron chi connectivity index (χ0n) is 11.6. The van der Waals surface area contributed by atoms with Crippen LogP contribution in [0.3, 0.4) is 0 Å². The number of amides is 1. The summed E-state index contributed by atoms with van der Waals surface area (Å²) in [6.07, 6.45) is 4.88. The van der Waals surface area contributed by atoms with Gasteiger partial charge in [-0.1, -0.05) is 0 Å². The van der Waals surface area contributed by atoms with Crippen LogP contribution in [0.15, 0.2) is 30.7 Å². The van der Waals surface area contributed by atoms with Crippen LogP contribution in [0.2, 0.25) is 0 Å². The maximum Gasteiger partial charge on any atom is 0.253 e. The number of hydrogen-bond donors (Lipinski definition) is 2. The second kappa shape index (κ2) is 6.60. The highest BCUT2D eigenvalue weighted by molar-refractivity contribution is 5.93. The number of aryl methyl sites for hydroxylation is 1. The van der Waals surface area contributed by atoms with Crippen molar-refractivity contribution in [2.75, 3.05) is 11.9 Å². The van der Waals surface area contributed by atoms with Gasteiger partial charge in [-0.2, -0.15) is 0 Å². The van der Waals surface area contributed by atoms with Gasteiger partial charge in [0, 0.05) is 18.9 Å². The molecule has 6 heteroatoms. The van der Waals surface area contributed by atoms with E-state index in [2.05, 4.69) is 25.6 Å². The van der Waals surface area contributed by atoms with Crippen LogP contribution in [-0.4, -0.2) is 27.4 Å². The predicted molar refractivity (Wildman–Crippen MR) is 76.3 cm³/mol. The molecule has 1 amide bonds. The molecule has 0 saturated carbocycles. The van der Waals surface area contributed by atoms with Crippen molar-refractivity contribution >= 4 is 11.7 Å². The van der Waals surface area contributed by atoms with Crippen LogP contribution < -0.4 is 10.6 Å². The van der Waals surface area contributed by atoms with Gasteiger partial charge in [0.15, 0.2) is 0 Å². The summed E-state index contributed by atoms with van der Waals surface area (Å²) in [4.78, 5) is 24.4. The van der Waals surface area contributed by atoms with Crippen LogP contribution in [0, 0.1) is 6.92 Å². The first-order valence-electron chi connectivity index (χ1n) is 6.44. The number of nitrogens with zero attached hydrogens (tertiary/aromatic N) is 3. The Morgan fingerprint density at radius 3 is 2.60 bits per heavy atom. The molecule has 2 rings (SSSR count). The van der Waals surface area contributed by atoms with Crippen molar-refractivity contribution in [3.63, 3.8) is 0 Å². The molecular formula is C14H17N5O. The number of nitrogens with one attached hydrogen (secondary N) is 2. The lowest BCUT2D eigenvalue weighted by atomic mass is 10.2. The van der Waals surface area contributed by atoms with Crippen molar-refractivity contribution in [2.45, 2.75) is 20.4 Å². The fourth-order valence-corrected chi connectivity index (χ4v) is 1.60. The molecule has 2 aromatic heterocycles. The van der Waals surface area contributed by atoms with Crippen molar-refractivity contribution in [3.05, 3.63) is 47.7 Å². The van der Waals surface area contributed by atoms with Crippen LogP contribution in [-0.2, 0) is 6.54 Å². The van der Waals surface area contributed by atoms with Crippen molar-refractivity contribution < 1.29 is 4.79 Å². The lowest BCUT2D eigenvalue weighted by molar-refractivity contribution is 0.0950. The number of hydrogen-bond acceptors (Lipinski definition) is 5. The number of rotatable bonds is 5. The first-order chi connectivity index (χ1) is 9.69. The first kappa shape index (κ1) is 13.9. The molecule has 2 N–H and O–H groups in total. The summed E-state index contributed by atoms with van der Waals surface area (Å²) in [5.74, 6) is 0.580. The molecular weight excluding hydrogens is 254 g/mol. The fourth-order valence-electron chi connectivity index (χ4n) is 1.60. The number of carbonyl (C=O) groups excluding carboxylic acids is 1. The number of anilines is 1. The molecule has 6 nitrogen and oxygen atoms in total. The summed E-state index contributed by atoms with van der Waals surface area (Å²) in [6.45, 7) is 5.00. The summed E-state index contributed by atoms with van der Waals surface area (Å²) < 4.78 is 0. The van der Waals surface area contributed by atoms with E-state index in [1.54, 1.807) is 30.7 Å². The molecule has 0 aliphatic carbocycles. The van der Waals surface area contributed by atoms with Crippen molar-refractivity contribution in [1.29, 1.82) is 0 Å². The van der Waals surface area contributed by atoms with Crippen LogP contribution in [0.25, 0.3) is 0 Å². The highest BCUT2D eigenvalue weighted by Gasteiger charge is 2.06. The SMILES string of the molecule is CCNc1ccc(C(=O)NCc2cnc(C)cn2)cn1. The Kier molecular flexibility index (Phi) is 4.60. The van der Waals surface area contributed by atoms with E-state index in [-0.39, 0.29) is 5.91 Å². The van der Waals surface area contributed by atoms with E-state index < -0.39 is 0 Å². The Morgan fingerprint density at radius 2 is 2.00 bits per heavy atom. The second-order valence-corrected chi connectivity index (χ2v) is 4.29. The molecule has 0 fully saturated rings. The van der Waals surface area contributed by atoms with Gasteiger partial charge in [0.2, 0.25) is 0 Å². The van der Waals surface area contributed by atoms with E-state index in [9.17, 15) is 4.79 Å². The maximum atomic E-state index is 11.9. The molecule has 2 aromatic rings. The third-order valence-corrected chi connectivity index (χ3v) is 2.65. The van der Waals surface area contributed by atoms with Crippen LogP contribution in [0.5, 0.6) is 0 Å².